The number of benzene rings is 1. The first-order valence-corrected chi connectivity index (χ1v) is 7.31. The molecule has 1 heterocycles. The summed E-state index contributed by atoms with van der Waals surface area (Å²) in [6.45, 7) is 3.22. The third-order valence-electron chi connectivity index (χ3n) is 4.55. The summed E-state index contributed by atoms with van der Waals surface area (Å²) in [5.74, 6) is -0.317. The van der Waals surface area contributed by atoms with Gasteiger partial charge in [0.05, 0.1) is 11.5 Å². The van der Waals surface area contributed by atoms with Crippen molar-refractivity contribution in [3.8, 4) is 0 Å². The molecule has 1 amide bonds. The number of carbonyl (C=O) groups excluding carboxylic acids is 1. The molecule has 0 bridgehead atoms. The molecule has 5 heteroatoms. The Bertz CT molecular complexity index is 501. The second-order valence-electron chi connectivity index (χ2n) is 5.71. The van der Waals surface area contributed by atoms with Crippen LogP contribution in [0.15, 0.2) is 24.3 Å². The van der Waals surface area contributed by atoms with Crippen LogP contribution in [0.25, 0.3) is 0 Å². The SMILES string of the molecule is CC(c1ccccc1F)N(C)C(=O)C1(CN)CCOCC1. The Morgan fingerprint density at radius 2 is 2.05 bits per heavy atom. The summed E-state index contributed by atoms with van der Waals surface area (Å²) in [6, 6.07) is 6.22. The third kappa shape index (κ3) is 3.09. The normalized spacial score (nSPS) is 19.0. The lowest BCUT2D eigenvalue weighted by Gasteiger charge is -2.39. The summed E-state index contributed by atoms with van der Waals surface area (Å²) in [5, 5.41) is 0. The molecule has 0 saturated carbocycles. The predicted molar refractivity (Wildman–Crippen MR) is 79.1 cm³/mol. The van der Waals surface area contributed by atoms with Crippen LogP contribution >= 0.6 is 0 Å². The zero-order valence-corrected chi connectivity index (χ0v) is 12.6. The smallest absolute Gasteiger partial charge is 0.230 e. The van der Waals surface area contributed by atoms with Gasteiger partial charge in [-0.3, -0.25) is 4.79 Å². The molecule has 1 saturated heterocycles. The van der Waals surface area contributed by atoms with E-state index in [1.165, 1.54) is 6.07 Å². The van der Waals surface area contributed by atoms with Gasteiger partial charge in [-0.25, -0.2) is 4.39 Å². The fourth-order valence-electron chi connectivity index (χ4n) is 2.84. The highest BCUT2D eigenvalue weighted by Gasteiger charge is 2.41. The van der Waals surface area contributed by atoms with E-state index in [9.17, 15) is 9.18 Å². The molecule has 1 aromatic carbocycles. The van der Waals surface area contributed by atoms with Crippen molar-refractivity contribution in [2.24, 2.45) is 11.1 Å². The summed E-state index contributed by atoms with van der Waals surface area (Å²) >= 11 is 0. The number of rotatable bonds is 4. The van der Waals surface area contributed by atoms with Gasteiger partial charge in [0, 0.05) is 32.4 Å². The van der Waals surface area contributed by atoms with Gasteiger partial charge in [-0.05, 0) is 25.8 Å². The molecule has 1 unspecified atom stereocenters. The minimum Gasteiger partial charge on any atom is -0.381 e. The lowest BCUT2D eigenvalue weighted by molar-refractivity contribution is -0.147. The van der Waals surface area contributed by atoms with Crippen LogP contribution in [0.5, 0.6) is 0 Å². The zero-order valence-electron chi connectivity index (χ0n) is 12.6. The molecule has 1 aromatic rings. The summed E-state index contributed by atoms with van der Waals surface area (Å²) in [4.78, 5) is 14.5. The van der Waals surface area contributed by atoms with Crippen LogP contribution in [0, 0.1) is 11.2 Å². The number of nitrogens with zero attached hydrogens (tertiary/aromatic N) is 1. The summed E-state index contributed by atoms with van der Waals surface area (Å²) in [5.41, 5.74) is 5.81. The fourth-order valence-corrected chi connectivity index (χ4v) is 2.84. The van der Waals surface area contributed by atoms with Crippen molar-refractivity contribution < 1.29 is 13.9 Å². The molecule has 2 rings (SSSR count). The summed E-state index contributed by atoms with van der Waals surface area (Å²) < 4.78 is 19.2. The number of halogens is 1. The molecule has 4 nitrogen and oxygen atoms in total. The highest BCUT2D eigenvalue weighted by molar-refractivity contribution is 5.83. The van der Waals surface area contributed by atoms with Gasteiger partial charge in [0.1, 0.15) is 5.82 Å². The fraction of sp³-hybridized carbons (Fsp3) is 0.562. The van der Waals surface area contributed by atoms with Gasteiger partial charge < -0.3 is 15.4 Å². The van der Waals surface area contributed by atoms with Gasteiger partial charge >= 0.3 is 0 Å². The highest BCUT2D eigenvalue weighted by atomic mass is 19.1. The maximum absolute atomic E-state index is 13.9. The van der Waals surface area contributed by atoms with Gasteiger partial charge in [0.2, 0.25) is 5.91 Å². The van der Waals surface area contributed by atoms with Crippen molar-refractivity contribution in [2.75, 3.05) is 26.8 Å². The Balaban J connectivity index is 2.20. The van der Waals surface area contributed by atoms with Crippen LogP contribution in [-0.2, 0) is 9.53 Å². The van der Waals surface area contributed by atoms with Crippen molar-refractivity contribution in [1.82, 2.24) is 4.90 Å². The van der Waals surface area contributed by atoms with Crippen LogP contribution in [-0.4, -0.2) is 37.6 Å². The van der Waals surface area contributed by atoms with Gasteiger partial charge in [0.15, 0.2) is 0 Å². The minimum atomic E-state index is -0.577. The minimum absolute atomic E-state index is 0.0240. The van der Waals surface area contributed by atoms with E-state index in [1.807, 2.05) is 6.92 Å². The van der Waals surface area contributed by atoms with Crippen molar-refractivity contribution in [1.29, 1.82) is 0 Å². The second-order valence-corrected chi connectivity index (χ2v) is 5.71. The summed E-state index contributed by atoms with van der Waals surface area (Å²) in [6.07, 6.45) is 1.24. The molecule has 1 aliphatic heterocycles. The number of hydrogen-bond acceptors (Lipinski definition) is 3. The Labute approximate surface area is 125 Å². The largest absolute Gasteiger partial charge is 0.381 e. The van der Waals surface area contributed by atoms with E-state index in [0.717, 1.165) is 0 Å². The standard InChI is InChI=1S/C16H23FN2O2/c1-12(13-5-3-4-6-14(13)17)19(2)15(20)16(11-18)7-9-21-10-8-16/h3-6,12H,7-11,18H2,1-2H3. The first-order chi connectivity index (χ1) is 10.0. The van der Waals surface area contributed by atoms with Crippen LogP contribution < -0.4 is 5.73 Å². The third-order valence-corrected chi connectivity index (χ3v) is 4.55. The number of carbonyl (C=O) groups is 1. The monoisotopic (exact) mass is 294 g/mol. The second kappa shape index (κ2) is 6.54. The number of hydrogen-bond donors (Lipinski definition) is 1. The van der Waals surface area contributed by atoms with E-state index in [2.05, 4.69) is 0 Å². The molecule has 116 valence electrons. The molecule has 0 aliphatic carbocycles. The van der Waals surface area contributed by atoms with Crippen molar-refractivity contribution in [3.63, 3.8) is 0 Å². The Morgan fingerprint density at radius 3 is 2.62 bits per heavy atom. The average Bonchev–Trinajstić information content (AvgIpc) is 2.54. The van der Waals surface area contributed by atoms with E-state index in [4.69, 9.17) is 10.5 Å². The first-order valence-electron chi connectivity index (χ1n) is 7.31. The van der Waals surface area contributed by atoms with E-state index in [-0.39, 0.29) is 17.8 Å². The van der Waals surface area contributed by atoms with Gasteiger partial charge in [0.25, 0.3) is 0 Å². The molecule has 21 heavy (non-hydrogen) atoms. The quantitative estimate of drug-likeness (QED) is 0.925. The van der Waals surface area contributed by atoms with Crippen molar-refractivity contribution in [3.05, 3.63) is 35.6 Å². The number of amides is 1. The number of nitrogens with two attached hydrogens (primary N) is 1. The van der Waals surface area contributed by atoms with E-state index in [0.29, 0.717) is 38.2 Å². The Morgan fingerprint density at radius 1 is 1.43 bits per heavy atom. The molecule has 0 spiro atoms. The van der Waals surface area contributed by atoms with Crippen molar-refractivity contribution in [2.45, 2.75) is 25.8 Å². The van der Waals surface area contributed by atoms with Gasteiger partial charge in [-0.15, -0.1) is 0 Å². The highest BCUT2D eigenvalue weighted by Crippen LogP contribution is 2.34. The molecular formula is C16H23FN2O2. The average molecular weight is 294 g/mol. The van der Waals surface area contributed by atoms with E-state index >= 15 is 0 Å². The molecule has 1 atom stereocenters. The molecule has 1 aliphatic rings. The predicted octanol–water partition coefficient (Wildman–Crippen LogP) is 2.10. The Kier molecular flexibility index (Phi) is 4.96. The summed E-state index contributed by atoms with van der Waals surface area (Å²) in [7, 11) is 1.71. The van der Waals surface area contributed by atoms with E-state index < -0.39 is 5.41 Å². The molecule has 0 radical (unpaired) electrons. The van der Waals surface area contributed by atoms with Crippen molar-refractivity contribution >= 4 is 5.91 Å². The maximum atomic E-state index is 13.9. The first kappa shape index (κ1) is 15.9. The lowest BCUT2D eigenvalue weighted by Crippen LogP contribution is -2.50. The Hall–Kier alpha value is -1.46. The number of ether oxygens (including phenoxy) is 1. The van der Waals surface area contributed by atoms with Gasteiger partial charge in [-0.2, -0.15) is 0 Å². The topological polar surface area (TPSA) is 55.6 Å². The molecular weight excluding hydrogens is 271 g/mol. The van der Waals surface area contributed by atoms with Crippen LogP contribution in [0.4, 0.5) is 4.39 Å². The van der Waals surface area contributed by atoms with E-state index in [1.54, 1.807) is 30.1 Å². The molecule has 0 aromatic heterocycles. The van der Waals surface area contributed by atoms with Gasteiger partial charge in [-0.1, -0.05) is 18.2 Å². The molecule has 2 N–H and O–H groups in total. The van der Waals surface area contributed by atoms with Crippen LogP contribution in [0.3, 0.4) is 0 Å². The zero-order chi connectivity index (χ0) is 15.5. The maximum Gasteiger partial charge on any atom is 0.230 e. The van der Waals surface area contributed by atoms with Crippen LogP contribution in [0.2, 0.25) is 0 Å². The van der Waals surface area contributed by atoms with Crippen LogP contribution in [0.1, 0.15) is 31.4 Å². The lowest BCUT2D eigenvalue weighted by atomic mass is 9.78. The molecule has 1 fully saturated rings.